The van der Waals surface area contributed by atoms with Gasteiger partial charge in [0.15, 0.2) is 0 Å². The molecule has 3 heteroatoms. The highest BCUT2D eigenvalue weighted by Crippen LogP contribution is 2.37. The molecular weight excluding hydrogens is 246 g/mol. The van der Waals surface area contributed by atoms with Crippen molar-refractivity contribution in [1.82, 2.24) is 4.98 Å². The molecule has 0 aliphatic heterocycles. The predicted octanol–water partition coefficient (Wildman–Crippen LogP) is 3.70. The molecule has 1 aromatic heterocycles. The summed E-state index contributed by atoms with van der Waals surface area (Å²) in [5.41, 5.74) is 9.04. The lowest BCUT2D eigenvalue weighted by atomic mass is 9.84. The van der Waals surface area contributed by atoms with Crippen LogP contribution in [0.4, 0.5) is 5.69 Å². The normalized spacial score (nSPS) is 15.2. The van der Waals surface area contributed by atoms with E-state index in [0.29, 0.717) is 0 Å². The number of pyridine rings is 1. The highest BCUT2D eigenvalue weighted by molar-refractivity contribution is 5.95. The first kappa shape index (κ1) is 13.4. The third-order valence-electron chi connectivity index (χ3n) is 4.24. The van der Waals surface area contributed by atoms with Crippen LogP contribution in [0.25, 0.3) is 10.9 Å². The number of hydrazine groups is 1. The number of rotatable bonds is 1. The fraction of sp³-hybridized carbons (Fsp3) is 0.471. The summed E-state index contributed by atoms with van der Waals surface area (Å²) >= 11 is 0. The maximum Gasteiger partial charge on any atom is 0.0764 e. The molecular formula is C17H23N3. The summed E-state index contributed by atoms with van der Waals surface area (Å²) < 4.78 is 0. The molecule has 1 aromatic carbocycles. The number of aryl methyl sites for hydroxylation is 1. The van der Waals surface area contributed by atoms with E-state index >= 15 is 0 Å². The molecule has 0 amide bonds. The summed E-state index contributed by atoms with van der Waals surface area (Å²) in [7, 11) is 0. The van der Waals surface area contributed by atoms with Crippen molar-refractivity contribution in [2.24, 2.45) is 5.84 Å². The van der Waals surface area contributed by atoms with Gasteiger partial charge in [0.1, 0.15) is 0 Å². The number of hydrogen-bond donors (Lipinski definition) is 2. The number of hydrogen-bond acceptors (Lipinski definition) is 3. The highest BCUT2D eigenvalue weighted by atomic mass is 15.2. The predicted molar refractivity (Wildman–Crippen MR) is 84.9 cm³/mol. The number of aromatic nitrogens is 1. The number of fused-ring (bicyclic) bond motifs is 2. The molecule has 0 saturated carbocycles. The van der Waals surface area contributed by atoms with Crippen LogP contribution < -0.4 is 11.3 Å². The van der Waals surface area contributed by atoms with Gasteiger partial charge in [0, 0.05) is 11.1 Å². The Morgan fingerprint density at radius 3 is 2.60 bits per heavy atom. The third kappa shape index (κ3) is 2.06. The van der Waals surface area contributed by atoms with Crippen molar-refractivity contribution in [3.8, 4) is 0 Å². The summed E-state index contributed by atoms with van der Waals surface area (Å²) in [6.45, 7) is 6.70. The molecule has 3 nitrogen and oxygen atoms in total. The monoisotopic (exact) mass is 269 g/mol. The highest BCUT2D eigenvalue weighted by Gasteiger charge is 2.22. The fourth-order valence-electron chi connectivity index (χ4n) is 3.22. The Morgan fingerprint density at radius 1 is 1.15 bits per heavy atom. The van der Waals surface area contributed by atoms with Crippen LogP contribution in [0.1, 0.15) is 50.4 Å². The van der Waals surface area contributed by atoms with Crippen LogP contribution in [0.5, 0.6) is 0 Å². The van der Waals surface area contributed by atoms with Gasteiger partial charge < -0.3 is 5.43 Å². The van der Waals surface area contributed by atoms with Crippen LogP contribution in [-0.2, 0) is 18.3 Å². The Bertz CT molecular complexity index is 653. The lowest BCUT2D eigenvalue weighted by Gasteiger charge is -2.25. The van der Waals surface area contributed by atoms with Gasteiger partial charge >= 0.3 is 0 Å². The Hall–Kier alpha value is -1.61. The first-order chi connectivity index (χ1) is 9.52. The van der Waals surface area contributed by atoms with Gasteiger partial charge in [0.25, 0.3) is 0 Å². The number of nitrogens with two attached hydrogens (primary N) is 1. The number of nitrogens with zero attached hydrogens (tertiary/aromatic N) is 1. The van der Waals surface area contributed by atoms with Gasteiger partial charge in [-0.1, -0.05) is 39.0 Å². The zero-order valence-electron chi connectivity index (χ0n) is 12.6. The van der Waals surface area contributed by atoms with Crippen molar-refractivity contribution in [3.63, 3.8) is 0 Å². The quantitative estimate of drug-likeness (QED) is 0.613. The van der Waals surface area contributed by atoms with Gasteiger partial charge in [-0.3, -0.25) is 10.8 Å². The van der Waals surface area contributed by atoms with Crippen molar-refractivity contribution in [2.45, 2.75) is 51.9 Å². The summed E-state index contributed by atoms with van der Waals surface area (Å²) in [6.07, 6.45) is 4.61. The summed E-state index contributed by atoms with van der Waals surface area (Å²) in [6, 6.07) is 6.42. The Labute approximate surface area is 120 Å². The SMILES string of the molecule is CC(C)(C)c1cccc2c(NN)c3c(nc12)CCCC3. The standard InChI is InChI=1S/C17H23N3/c1-17(2,3)13-9-6-8-12-15(20-18)11-7-4-5-10-14(11)19-16(12)13/h6,8-9H,4-5,7,10,18H2,1-3H3,(H,19,20). The molecule has 0 bridgehead atoms. The smallest absolute Gasteiger partial charge is 0.0764 e. The topological polar surface area (TPSA) is 50.9 Å². The van der Waals surface area contributed by atoms with Crippen LogP contribution in [0, 0.1) is 0 Å². The number of para-hydroxylation sites is 1. The molecule has 106 valence electrons. The molecule has 2 aromatic rings. The minimum absolute atomic E-state index is 0.0846. The van der Waals surface area contributed by atoms with Gasteiger partial charge in [-0.15, -0.1) is 0 Å². The molecule has 1 aliphatic rings. The molecule has 20 heavy (non-hydrogen) atoms. The van der Waals surface area contributed by atoms with E-state index in [9.17, 15) is 0 Å². The van der Waals surface area contributed by atoms with Crippen molar-refractivity contribution >= 4 is 16.6 Å². The first-order valence-corrected chi connectivity index (χ1v) is 7.44. The molecule has 0 spiro atoms. The van der Waals surface area contributed by atoms with E-state index in [1.807, 2.05) is 0 Å². The lowest BCUT2D eigenvalue weighted by Crippen LogP contribution is -2.17. The van der Waals surface area contributed by atoms with Crippen LogP contribution in [0.3, 0.4) is 0 Å². The average Bonchev–Trinajstić information content (AvgIpc) is 2.43. The second-order valence-corrected chi connectivity index (χ2v) is 6.72. The molecule has 3 N–H and O–H groups in total. The van der Waals surface area contributed by atoms with Crippen molar-refractivity contribution in [2.75, 3.05) is 5.43 Å². The Kier molecular flexibility index (Phi) is 3.17. The van der Waals surface area contributed by atoms with Gasteiger partial charge in [-0.2, -0.15) is 0 Å². The van der Waals surface area contributed by atoms with E-state index < -0.39 is 0 Å². The van der Waals surface area contributed by atoms with Gasteiger partial charge in [0.05, 0.1) is 11.2 Å². The number of nitrogen functional groups attached to an aromatic ring is 1. The minimum Gasteiger partial charge on any atom is -0.323 e. The van der Waals surface area contributed by atoms with Gasteiger partial charge in [-0.05, 0) is 42.2 Å². The molecule has 0 radical (unpaired) electrons. The molecule has 1 heterocycles. The van der Waals surface area contributed by atoms with Crippen molar-refractivity contribution in [3.05, 3.63) is 35.0 Å². The number of benzene rings is 1. The summed E-state index contributed by atoms with van der Waals surface area (Å²) in [4.78, 5) is 5.00. The molecule has 1 aliphatic carbocycles. The lowest BCUT2D eigenvalue weighted by molar-refractivity contribution is 0.593. The number of anilines is 1. The third-order valence-corrected chi connectivity index (χ3v) is 4.24. The van der Waals surface area contributed by atoms with Gasteiger partial charge in [-0.25, -0.2) is 0 Å². The molecule has 3 rings (SSSR count). The van der Waals surface area contributed by atoms with Crippen molar-refractivity contribution in [1.29, 1.82) is 0 Å². The second-order valence-electron chi connectivity index (χ2n) is 6.72. The van der Waals surface area contributed by atoms with Crippen molar-refractivity contribution < 1.29 is 0 Å². The largest absolute Gasteiger partial charge is 0.323 e. The zero-order valence-corrected chi connectivity index (χ0v) is 12.6. The van der Waals surface area contributed by atoms with E-state index in [1.54, 1.807) is 0 Å². The maximum absolute atomic E-state index is 5.82. The van der Waals surface area contributed by atoms with Crippen LogP contribution in [-0.4, -0.2) is 4.98 Å². The van der Waals surface area contributed by atoms with E-state index in [-0.39, 0.29) is 5.41 Å². The van der Waals surface area contributed by atoms with Crippen LogP contribution >= 0.6 is 0 Å². The van der Waals surface area contributed by atoms with Crippen LogP contribution in [0.2, 0.25) is 0 Å². The fourth-order valence-corrected chi connectivity index (χ4v) is 3.22. The van der Waals surface area contributed by atoms with Crippen LogP contribution in [0.15, 0.2) is 18.2 Å². The minimum atomic E-state index is 0.0846. The molecule has 0 fully saturated rings. The molecule has 0 unspecified atom stereocenters. The van der Waals surface area contributed by atoms with Gasteiger partial charge in [0.2, 0.25) is 0 Å². The zero-order chi connectivity index (χ0) is 14.3. The average molecular weight is 269 g/mol. The summed E-state index contributed by atoms with van der Waals surface area (Å²) in [5, 5.41) is 1.15. The maximum atomic E-state index is 5.82. The molecule has 0 atom stereocenters. The first-order valence-electron chi connectivity index (χ1n) is 7.44. The van der Waals surface area contributed by atoms with E-state index in [4.69, 9.17) is 10.8 Å². The Balaban J connectivity index is 2.37. The van der Waals surface area contributed by atoms with E-state index in [1.165, 1.54) is 29.7 Å². The molecule has 0 saturated heterocycles. The number of nitrogens with one attached hydrogen (secondary N) is 1. The van der Waals surface area contributed by atoms with E-state index in [2.05, 4.69) is 44.4 Å². The summed E-state index contributed by atoms with van der Waals surface area (Å²) in [5.74, 6) is 5.82. The second kappa shape index (κ2) is 4.74. The Morgan fingerprint density at radius 2 is 1.90 bits per heavy atom. The van der Waals surface area contributed by atoms with E-state index in [0.717, 1.165) is 29.4 Å².